The zero-order chi connectivity index (χ0) is 24.6. The third kappa shape index (κ3) is 7.78. The summed E-state index contributed by atoms with van der Waals surface area (Å²) < 4.78 is 39.9. The molecule has 0 bridgehead atoms. The van der Waals surface area contributed by atoms with Crippen LogP contribution < -0.4 is 5.32 Å². The molecule has 2 aromatic carbocycles. The van der Waals surface area contributed by atoms with Crippen LogP contribution in [0.15, 0.2) is 60.7 Å². The second-order valence-electron chi connectivity index (χ2n) is 8.21. The number of hydrogen-bond acceptors (Lipinski definition) is 3. The van der Waals surface area contributed by atoms with Gasteiger partial charge in [-0.1, -0.05) is 74.5 Å². The number of rotatable bonds is 10. The fraction of sp³-hybridized carbons (Fsp3) is 0.417. The third-order valence-electron chi connectivity index (χ3n) is 5.31. The van der Waals surface area contributed by atoms with E-state index in [0.29, 0.717) is 5.56 Å². The number of carbonyl (C=O) groups is 2. The average molecular weight is 467 g/mol. The number of carbonyl (C=O) groups excluding carboxylic acids is 1. The minimum absolute atomic E-state index is 0.108. The number of nitrogens with zero attached hydrogens (tertiary/aromatic N) is 1. The van der Waals surface area contributed by atoms with Gasteiger partial charge in [-0.3, -0.25) is 9.69 Å². The summed E-state index contributed by atoms with van der Waals surface area (Å²) in [5, 5.41) is 21.9. The highest BCUT2D eigenvalue weighted by atomic mass is 19.4. The molecule has 0 saturated carbocycles. The van der Waals surface area contributed by atoms with Crippen LogP contribution in [0, 0.1) is 5.92 Å². The number of hydrogen-bond donors (Lipinski definition) is 3. The quantitative estimate of drug-likeness (QED) is 0.489. The molecule has 9 heteroatoms. The van der Waals surface area contributed by atoms with Gasteiger partial charge in [0.05, 0.1) is 6.04 Å². The molecule has 0 aliphatic carbocycles. The minimum atomic E-state index is -4.95. The molecule has 3 atom stereocenters. The van der Waals surface area contributed by atoms with E-state index in [1.807, 2.05) is 0 Å². The lowest BCUT2D eigenvalue weighted by atomic mass is 9.97. The minimum Gasteiger partial charge on any atom is -0.465 e. The maximum Gasteiger partial charge on any atom is 0.416 e. The number of aryl methyl sites for hydroxylation is 1. The summed E-state index contributed by atoms with van der Waals surface area (Å²) in [6.45, 7) is 3.12. The van der Waals surface area contributed by atoms with Gasteiger partial charge in [-0.2, -0.15) is 13.2 Å². The first-order chi connectivity index (χ1) is 15.5. The molecular weight excluding hydrogens is 437 g/mol. The van der Waals surface area contributed by atoms with Crippen molar-refractivity contribution in [3.63, 3.8) is 0 Å². The summed E-state index contributed by atoms with van der Waals surface area (Å²) in [5.41, 5.74) is 1.39. The number of carboxylic acid groups (broad SMARTS) is 1. The summed E-state index contributed by atoms with van der Waals surface area (Å²) in [6.07, 6.45) is -9.08. The first-order valence-corrected chi connectivity index (χ1v) is 10.6. The molecule has 6 nitrogen and oxygen atoms in total. The topological polar surface area (TPSA) is 89.9 Å². The number of benzene rings is 2. The predicted molar refractivity (Wildman–Crippen MR) is 117 cm³/mol. The van der Waals surface area contributed by atoms with Crippen LogP contribution in [0.3, 0.4) is 0 Å². The molecule has 0 radical (unpaired) electrons. The van der Waals surface area contributed by atoms with Crippen LogP contribution in [0.25, 0.3) is 0 Å². The Hall–Kier alpha value is -3.07. The lowest BCUT2D eigenvalue weighted by Crippen LogP contribution is -2.57. The summed E-state index contributed by atoms with van der Waals surface area (Å²) in [7, 11) is 0. The van der Waals surface area contributed by atoms with Gasteiger partial charge in [0, 0.05) is 6.54 Å². The molecule has 2 rings (SSSR count). The molecule has 0 aliphatic rings. The van der Waals surface area contributed by atoms with Crippen LogP contribution in [-0.2, 0) is 17.8 Å². The number of amides is 2. The van der Waals surface area contributed by atoms with Crippen LogP contribution >= 0.6 is 0 Å². The molecule has 0 aliphatic heterocycles. The number of alkyl halides is 3. The molecule has 33 heavy (non-hydrogen) atoms. The Bertz CT molecular complexity index is 892. The Kier molecular flexibility index (Phi) is 9.28. The smallest absolute Gasteiger partial charge is 0.416 e. The highest BCUT2D eigenvalue weighted by Crippen LogP contribution is 2.25. The van der Waals surface area contributed by atoms with E-state index in [-0.39, 0.29) is 19.4 Å². The van der Waals surface area contributed by atoms with Gasteiger partial charge in [-0.05, 0) is 29.9 Å². The van der Waals surface area contributed by atoms with Crippen LogP contribution in [0.5, 0.6) is 0 Å². The highest BCUT2D eigenvalue weighted by Gasteiger charge is 2.45. The normalized spacial score (nSPS) is 14.4. The van der Waals surface area contributed by atoms with Crippen molar-refractivity contribution < 1.29 is 33.0 Å². The lowest BCUT2D eigenvalue weighted by Gasteiger charge is -2.34. The van der Waals surface area contributed by atoms with E-state index in [2.05, 4.69) is 5.32 Å². The summed E-state index contributed by atoms with van der Waals surface area (Å²) in [5.74, 6) is -1.41. The fourth-order valence-corrected chi connectivity index (χ4v) is 3.64. The molecule has 0 fully saturated rings. The van der Waals surface area contributed by atoms with E-state index < -0.39 is 42.3 Å². The Morgan fingerprint density at radius 1 is 0.970 bits per heavy atom. The summed E-state index contributed by atoms with van der Waals surface area (Å²) >= 11 is 0. The number of halogens is 3. The molecule has 2 aromatic rings. The van der Waals surface area contributed by atoms with Crippen molar-refractivity contribution in [1.29, 1.82) is 0 Å². The SMILES string of the molecule is CC(C)[C@@H](C(=O)N[C@H](CCc1ccccc1)[C@H](O)C(F)(F)F)N(Cc1ccccc1)C(=O)O. The third-order valence-corrected chi connectivity index (χ3v) is 5.31. The van der Waals surface area contributed by atoms with E-state index in [1.165, 1.54) is 0 Å². The van der Waals surface area contributed by atoms with Gasteiger partial charge in [-0.25, -0.2) is 4.79 Å². The maximum absolute atomic E-state index is 13.3. The lowest BCUT2D eigenvalue weighted by molar-refractivity contribution is -0.212. The average Bonchev–Trinajstić information content (AvgIpc) is 2.76. The molecule has 3 N–H and O–H groups in total. The van der Waals surface area contributed by atoms with E-state index in [4.69, 9.17) is 0 Å². The van der Waals surface area contributed by atoms with Crippen molar-refractivity contribution in [2.24, 2.45) is 5.92 Å². The molecule has 0 spiro atoms. The molecule has 2 amide bonds. The number of nitrogens with one attached hydrogen (secondary N) is 1. The largest absolute Gasteiger partial charge is 0.465 e. The Morgan fingerprint density at radius 3 is 1.94 bits per heavy atom. The van der Waals surface area contributed by atoms with Gasteiger partial charge in [0.25, 0.3) is 0 Å². The van der Waals surface area contributed by atoms with Gasteiger partial charge in [0.2, 0.25) is 5.91 Å². The van der Waals surface area contributed by atoms with Gasteiger partial charge in [0.1, 0.15) is 6.04 Å². The van der Waals surface area contributed by atoms with Gasteiger partial charge in [0.15, 0.2) is 6.10 Å². The standard InChI is InChI=1S/C24H29F3N2O4/c1-16(2)20(29(23(32)33)15-18-11-7-4-8-12-18)22(31)28-19(21(30)24(25,26)27)14-13-17-9-5-3-6-10-17/h3-12,16,19-21,30H,13-15H2,1-2H3,(H,28,31)(H,32,33)/t19-,20+,21+/m1/s1. The first-order valence-electron chi connectivity index (χ1n) is 10.6. The van der Waals surface area contributed by atoms with Crippen molar-refractivity contribution in [3.05, 3.63) is 71.8 Å². The first kappa shape index (κ1) is 26.2. The molecule has 0 heterocycles. The van der Waals surface area contributed by atoms with Crippen LogP contribution in [-0.4, -0.2) is 51.5 Å². The molecule has 180 valence electrons. The van der Waals surface area contributed by atoms with Crippen molar-refractivity contribution in [2.75, 3.05) is 0 Å². The van der Waals surface area contributed by atoms with Gasteiger partial charge in [-0.15, -0.1) is 0 Å². The molecular formula is C24H29F3N2O4. The zero-order valence-corrected chi connectivity index (χ0v) is 18.5. The van der Waals surface area contributed by atoms with Crippen molar-refractivity contribution in [1.82, 2.24) is 10.2 Å². The van der Waals surface area contributed by atoms with E-state index in [9.17, 15) is 33.0 Å². The van der Waals surface area contributed by atoms with Crippen molar-refractivity contribution in [2.45, 2.75) is 57.6 Å². The molecule has 0 unspecified atom stereocenters. The highest BCUT2D eigenvalue weighted by molar-refractivity contribution is 5.85. The molecule has 0 saturated heterocycles. The summed E-state index contributed by atoms with van der Waals surface area (Å²) in [6, 6.07) is 14.4. The number of aliphatic hydroxyl groups is 1. The van der Waals surface area contributed by atoms with Gasteiger partial charge >= 0.3 is 12.3 Å². The number of aliphatic hydroxyl groups excluding tert-OH is 1. The molecule has 0 aromatic heterocycles. The monoisotopic (exact) mass is 466 g/mol. The van der Waals surface area contributed by atoms with Crippen LogP contribution in [0.2, 0.25) is 0 Å². The van der Waals surface area contributed by atoms with E-state index in [0.717, 1.165) is 10.5 Å². The Morgan fingerprint density at radius 2 is 1.48 bits per heavy atom. The van der Waals surface area contributed by atoms with E-state index in [1.54, 1.807) is 74.5 Å². The second-order valence-corrected chi connectivity index (χ2v) is 8.21. The predicted octanol–water partition coefficient (Wildman–Crippen LogP) is 4.23. The Labute approximate surface area is 191 Å². The van der Waals surface area contributed by atoms with Crippen LogP contribution in [0.4, 0.5) is 18.0 Å². The Balaban J connectivity index is 2.24. The fourth-order valence-electron chi connectivity index (χ4n) is 3.64. The zero-order valence-electron chi connectivity index (χ0n) is 18.5. The van der Waals surface area contributed by atoms with Crippen LogP contribution in [0.1, 0.15) is 31.4 Å². The second kappa shape index (κ2) is 11.7. The summed E-state index contributed by atoms with van der Waals surface area (Å²) in [4.78, 5) is 25.9. The van der Waals surface area contributed by atoms with E-state index >= 15 is 0 Å². The van der Waals surface area contributed by atoms with Crippen molar-refractivity contribution >= 4 is 12.0 Å². The van der Waals surface area contributed by atoms with Crippen molar-refractivity contribution in [3.8, 4) is 0 Å². The maximum atomic E-state index is 13.3. The van der Waals surface area contributed by atoms with Gasteiger partial charge < -0.3 is 15.5 Å².